The van der Waals surface area contributed by atoms with E-state index in [1.54, 1.807) is 10.6 Å². The van der Waals surface area contributed by atoms with E-state index < -0.39 is 15.9 Å². The average Bonchev–Trinajstić information content (AvgIpc) is 2.96. The van der Waals surface area contributed by atoms with E-state index in [0.29, 0.717) is 0 Å². The Morgan fingerprint density at radius 2 is 1.96 bits per heavy atom. The highest BCUT2D eigenvalue weighted by molar-refractivity contribution is 7.89. The van der Waals surface area contributed by atoms with Gasteiger partial charge >= 0.3 is 0 Å². The number of imidazole rings is 1. The molecule has 2 aromatic carbocycles. The van der Waals surface area contributed by atoms with Crippen LogP contribution in [0.25, 0.3) is 11.0 Å². The third-order valence-corrected chi connectivity index (χ3v) is 4.75. The van der Waals surface area contributed by atoms with E-state index >= 15 is 0 Å². The lowest BCUT2D eigenvalue weighted by atomic mass is 10.3. The van der Waals surface area contributed by atoms with Gasteiger partial charge in [-0.3, -0.25) is 10.2 Å². The number of nitrogens with one attached hydrogen (secondary N) is 2. The summed E-state index contributed by atoms with van der Waals surface area (Å²) < 4.78 is 25.8. The second kappa shape index (κ2) is 6.60. The standard InChI is InChI=1S/C15H13ClN4O3S/c16-11-4-3-5-12(8-11)24(22,23)19-18-15(21)9-20-10-17-13-6-1-2-7-14(13)20/h1-8,10,19H,9H2,(H,18,21). The summed E-state index contributed by atoms with van der Waals surface area (Å²) in [5.74, 6) is -0.524. The van der Waals surface area contributed by atoms with E-state index in [-0.39, 0.29) is 16.5 Å². The lowest BCUT2D eigenvalue weighted by Gasteiger charge is -2.09. The van der Waals surface area contributed by atoms with Crippen LogP contribution in [0.5, 0.6) is 0 Å². The zero-order valence-electron chi connectivity index (χ0n) is 12.3. The van der Waals surface area contributed by atoms with Gasteiger partial charge in [0.25, 0.3) is 15.9 Å². The molecule has 0 fully saturated rings. The average molecular weight is 365 g/mol. The molecule has 2 N–H and O–H groups in total. The van der Waals surface area contributed by atoms with Gasteiger partial charge in [0, 0.05) is 5.02 Å². The summed E-state index contributed by atoms with van der Waals surface area (Å²) in [5.41, 5.74) is 3.71. The number of amides is 1. The molecule has 0 aliphatic heterocycles. The molecule has 0 unspecified atom stereocenters. The summed E-state index contributed by atoms with van der Waals surface area (Å²) in [6, 6.07) is 13.1. The molecule has 1 heterocycles. The van der Waals surface area contributed by atoms with E-state index in [9.17, 15) is 13.2 Å². The summed E-state index contributed by atoms with van der Waals surface area (Å²) in [4.78, 5) is 18.2. The second-order valence-electron chi connectivity index (χ2n) is 4.97. The molecule has 0 aliphatic carbocycles. The van der Waals surface area contributed by atoms with Crippen LogP contribution in [0.15, 0.2) is 59.8 Å². The Bertz CT molecular complexity index is 1000. The minimum atomic E-state index is -3.89. The molecule has 24 heavy (non-hydrogen) atoms. The summed E-state index contributed by atoms with van der Waals surface area (Å²) in [6.07, 6.45) is 1.52. The Balaban J connectivity index is 1.67. The minimum Gasteiger partial charge on any atom is -0.321 e. The van der Waals surface area contributed by atoms with Gasteiger partial charge in [-0.05, 0) is 30.3 Å². The van der Waals surface area contributed by atoms with Crippen molar-refractivity contribution in [3.05, 3.63) is 59.9 Å². The van der Waals surface area contributed by atoms with Gasteiger partial charge in [0.2, 0.25) is 0 Å². The number of para-hydroxylation sites is 2. The monoisotopic (exact) mass is 364 g/mol. The summed E-state index contributed by atoms with van der Waals surface area (Å²) in [6.45, 7) is -0.0709. The highest BCUT2D eigenvalue weighted by atomic mass is 35.5. The van der Waals surface area contributed by atoms with E-state index in [1.165, 1.54) is 24.5 Å². The summed E-state index contributed by atoms with van der Waals surface area (Å²) >= 11 is 5.77. The van der Waals surface area contributed by atoms with Crippen LogP contribution in [0.4, 0.5) is 0 Å². The molecule has 3 rings (SSSR count). The van der Waals surface area contributed by atoms with Crippen molar-refractivity contribution in [2.75, 3.05) is 0 Å². The Kier molecular flexibility index (Phi) is 4.52. The van der Waals surface area contributed by atoms with Gasteiger partial charge in [-0.1, -0.05) is 29.8 Å². The van der Waals surface area contributed by atoms with Gasteiger partial charge in [-0.25, -0.2) is 13.4 Å². The number of hydrogen-bond acceptors (Lipinski definition) is 4. The highest BCUT2D eigenvalue weighted by Gasteiger charge is 2.15. The van der Waals surface area contributed by atoms with E-state index in [2.05, 4.69) is 10.4 Å². The second-order valence-corrected chi connectivity index (χ2v) is 7.09. The van der Waals surface area contributed by atoms with Crippen LogP contribution in [0.2, 0.25) is 5.02 Å². The smallest absolute Gasteiger partial charge is 0.257 e. The van der Waals surface area contributed by atoms with Gasteiger partial charge in [-0.2, -0.15) is 0 Å². The molecule has 3 aromatic rings. The minimum absolute atomic E-state index is 0.0385. The molecule has 7 nitrogen and oxygen atoms in total. The van der Waals surface area contributed by atoms with Crippen molar-refractivity contribution >= 4 is 38.6 Å². The Morgan fingerprint density at radius 3 is 2.75 bits per heavy atom. The number of nitrogens with zero attached hydrogens (tertiary/aromatic N) is 2. The van der Waals surface area contributed by atoms with Gasteiger partial charge in [0.15, 0.2) is 0 Å². The third-order valence-electron chi connectivity index (χ3n) is 3.27. The molecule has 0 bridgehead atoms. The molecule has 0 saturated carbocycles. The first kappa shape index (κ1) is 16.4. The van der Waals surface area contributed by atoms with E-state index in [4.69, 9.17) is 11.6 Å². The van der Waals surface area contributed by atoms with Crippen molar-refractivity contribution < 1.29 is 13.2 Å². The predicted octanol–water partition coefficient (Wildman–Crippen LogP) is 1.70. The topological polar surface area (TPSA) is 93.1 Å². The molecule has 1 aromatic heterocycles. The first-order chi connectivity index (χ1) is 11.5. The number of aromatic nitrogens is 2. The maximum Gasteiger partial charge on any atom is 0.257 e. The van der Waals surface area contributed by atoms with Crippen molar-refractivity contribution in [3.63, 3.8) is 0 Å². The first-order valence-corrected chi connectivity index (χ1v) is 8.78. The van der Waals surface area contributed by atoms with Gasteiger partial charge in [-0.15, -0.1) is 4.83 Å². The van der Waals surface area contributed by atoms with Crippen molar-refractivity contribution in [2.45, 2.75) is 11.4 Å². The lowest BCUT2D eigenvalue weighted by Crippen LogP contribution is -2.43. The Labute approximate surface area is 143 Å². The molecule has 0 aliphatic rings. The molecule has 0 radical (unpaired) electrons. The van der Waals surface area contributed by atoms with Gasteiger partial charge in [0.1, 0.15) is 6.54 Å². The predicted molar refractivity (Wildman–Crippen MR) is 89.6 cm³/mol. The molecule has 124 valence electrons. The fraction of sp³-hybridized carbons (Fsp3) is 0.0667. The largest absolute Gasteiger partial charge is 0.321 e. The van der Waals surface area contributed by atoms with Gasteiger partial charge < -0.3 is 4.57 Å². The number of benzene rings is 2. The van der Waals surface area contributed by atoms with Crippen molar-refractivity contribution in [1.29, 1.82) is 0 Å². The molecule has 0 spiro atoms. The van der Waals surface area contributed by atoms with Crippen LogP contribution in [-0.4, -0.2) is 23.9 Å². The summed E-state index contributed by atoms with van der Waals surface area (Å²) in [5, 5.41) is 0.286. The molecular weight excluding hydrogens is 352 g/mol. The van der Waals surface area contributed by atoms with Crippen molar-refractivity contribution in [1.82, 2.24) is 19.8 Å². The number of carbonyl (C=O) groups is 1. The number of halogens is 1. The normalized spacial score (nSPS) is 11.5. The number of fused-ring (bicyclic) bond motifs is 1. The van der Waals surface area contributed by atoms with E-state index in [1.807, 2.05) is 29.1 Å². The Morgan fingerprint density at radius 1 is 1.17 bits per heavy atom. The quantitative estimate of drug-likeness (QED) is 0.674. The number of carbonyl (C=O) groups excluding carboxylic acids is 1. The number of hydrogen-bond donors (Lipinski definition) is 2. The van der Waals surface area contributed by atoms with Crippen LogP contribution in [-0.2, 0) is 21.4 Å². The number of hydrazine groups is 1. The fourth-order valence-corrected chi connectivity index (χ4v) is 3.31. The fourth-order valence-electron chi connectivity index (χ4n) is 2.15. The van der Waals surface area contributed by atoms with Gasteiger partial charge in [0.05, 0.1) is 22.3 Å². The van der Waals surface area contributed by atoms with Crippen LogP contribution in [0.1, 0.15) is 0 Å². The maximum absolute atomic E-state index is 12.1. The number of rotatable bonds is 5. The maximum atomic E-state index is 12.1. The molecule has 0 atom stereocenters. The zero-order chi connectivity index (χ0) is 17.2. The first-order valence-electron chi connectivity index (χ1n) is 6.92. The van der Waals surface area contributed by atoms with E-state index in [0.717, 1.165) is 11.0 Å². The SMILES string of the molecule is O=C(Cn1cnc2ccccc21)NNS(=O)(=O)c1cccc(Cl)c1. The molecule has 1 amide bonds. The lowest BCUT2D eigenvalue weighted by molar-refractivity contribution is -0.122. The molecule has 0 saturated heterocycles. The number of sulfonamides is 1. The molecular formula is C15H13ClN4O3S. The molecule has 9 heteroatoms. The third kappa shape index (κ3) is 3.56. The van der Waals surface area contributed by atoms with Crippen LogP contribution < -0.4 is 10.3 Å². The van der Waals surface area contributed by atoms with Crippen molar-refractivity contribution in [2.24, 2.45) is 0 Å². The van der Waals surface area contributed by atoms with Crippen molar-refractivity contribution in [3.8, 4) is 0 Å². The highest BCUT2D eigenvalue weighted by Crippen LogP contribution is 2.15. The zero-order valence-corrected chi connectivity index (χ0v) is 13.9. The van der Waals surface area contributed by atoms with Crippen LogP contribution in [0, 0.1) is 0 Å². The van der Waals surface area contributed by atoms with Crippen LogP contribution in [0.3, 0.4) is 0 Å². The Hall–Kier alpha value is -2.42. The summed E-state index contributed by atoms with van der Waals surface area (Å²) in [7, 11) is -3.89. The van der Waals surface area contributed by atoms with Crippen LogP contribution >= 0.6 is 11.6 Å².